The van der Waals surface area contributed by atoms with Crippen molar-refractivity contribution in [3.05, 3.63) is 48.0 Å². The molecule has 2 N–H and O–H groups in total. The minimum absolute atomic E-state index is 0.621. The molecule has 0 aliphatic rings. The summed E-state index contributed by atoms with van der Waals surface area (Å²) >= 11 is 1.60. The highest BCUT2D eigenvalue weighted by Crippen LogP contribution is 2.42. The van der Waals surface area contributed by atoms with Crippen LogP contribution >= 0.6 is 11.3 Å². The third-order valence-corrected chi connectivity index (χ3v) is 4.44. The molecule has 3 nitrogen and oxygen atoms in total. The molecule has 3 aromatic rings. The Hall–Kier alpha value is -2.51. The van der Waals surface area contributed by atoms with E-state index in [1.54, 1.807) is 24.5 Å². The van der Waals surface area contributed by atoms with E-state index in [0.29, 0.717) is 11.3 Å². The smallest absolute Gasteiger partial charge is 0.118 e. The fraction of sp³-hybridized carbons (Fsp3) is 0.0625. The summed E-state index contributed by atoms with van der Waals surface area (Å²) in [5, 5.41) is 10.0. The summed E-state index contributed by atoms with van der Waals surface area (Å²) in [4.78, 5) is 0.991. The highest BCUT2D eigenvalue weighted by atomic mass is 32.1. The number of nitrogen functional groups attached to an aromatic ring is 1. The van der Waals surface area contributed by atoms with Crippen molar-refractivity contribution in [1.82, 2.24) is 0 Å². The molecular formula is C16H12N2OS. The fourth-order valence-electron chi connectivity index (χ4n) is 2.22. The molecule has 2 aromatic carbocycles. The molecule has 3 rings (SSSR count). The van der Waals surface area contributed by atoms with E-state index in [9.17, 15) is 5.26 Å². The summed E-state index contributed by atoms with van der Waals surface area (Å²) < 4.78 is 6.19. The minimum atomic E-state index is 0.621. The van der Waals surface area contributed by atoms with Crippen molar-refractivity contribution < 1.29 is 4.74 Å². The molecule has 0 saturated carbocycles. The Morgan fingerprint density at radius 2 is 1.90 bits per heavy atom. The number of nitriles is 1. The van der Waals surface area contributed by atoms with Crippen LogP contribution in [-0.4, -0.2) is 7.11 Å². The Bertz CT molecular complexity index is 813. The lowest BCUT2D eigenvalue weighted by Crippen LogP contribution is -1.88. The van der Waals surface area contributed by atoms with Crippen molar-refractivity contribution in [2.24, 2.45) is 0 Å². The third kappa shape index (κ3) is 1.89. The molecule has 0 saturated heterocycles. The zero-order valence-electron chi connectivity index (χ0n) is 10.9. The normalized spacial score (nSPS) is 10.4. The molecule has 0 radical (unpaired) electrons. The minimum Gasteiger partial charge on any atom is -0.497 e. The predicted molar refractivity (Wildman–Crippen MR) is 82.9 cm³/mol. The topological polar surface area (TPSA) is 59.0 Å². The Labute approximate surface area is 120 Å². The van der Waals surface area contributed by atoms with E-state index in [1.807, 2.05) is 36.4 Å². The van der Waals surface area contributed by atoms with Crippen molar-refractivity contribution in [3.8, 4) is 22.3 Å². The van der Waals surface area contributed by atoms with Crippen molar-refractivity contribution >= 4 is 27.1 Å². The molecule has 98 valence electrons. The van der Waals surface area contributed by atoms with Gasteiger partial charge in [-0.15, -0.1) is 11.3 Å². The van der Waals surface area contributed by atoms with Crippen LogP contribution < -0.4 is 10.5 Å². The summed E-state index contributed by atoms with van der Waals surface area (Å²) in [6, 6.07) is 15.6. The summed E-state index contributed by atoms with van der Waals surface area (Å²) in [6.45, 7) is 0. The van der Waals surface area contributed by atoms with Crippen LogP contribution in [0, 0.1) is 11.3 Å². The predicted octanol–water partition coefficient (Wildman–Crippen LogP) is 4.03. The number of methoxy groups -OCH3 is 1. The van der Waals surface area contributed by atoms with Crippen LogP contribution in [0.5, 0.6) is 5.75 Å². The van der Waals surface area contributed by atoms with Crippen LogP contribution in [0.2, 0.25) is 0 Å². The average Bonchev–Trinajstić information content (AvgIpc) is 2.85. The van der Waals surface area contributed by atoms with E-state index in [2.05, 4.69) is 6.07 Å². The number of fused-ring (bicyclic) bond motifs is 1. The first-order chi connectivity index (χ1) is 9.74. The molecule has 0 spiro atoms. The van der Waals surface area contributed by atoms with E-state index >= 15 is 0 Å². The van der Waals surface area contributed by atoms with Gasteiger partial charge >= 0.3 is 0 Å². The zero-order chi connectivity index (χ0) is 14.1. The van der Waals surface area contributed by atoms with Gasteiger partial charge in [-0.25, -0.2) is 0 Å². The second kappa shape index (κ2) is 4.87. The monoisotopic (exact) mass is 280 g/mol. The van der Waals surface area contributed by atoms with Crippen LogP contribution in [0.4, 0.5) is 5.69 Å². The first-order valence-electron chi connectivity index (χ1n) is 6.10. The van der Waals surface area contributed by atoms with E-state index < -0.39 is 0 Å². The molecule has 0 amide bonds. The quantitative estimate of drug-likeness (QED) is 0.771. The molecule has 0 bridgehead atoms. The van der Waals surface area contributed by atoms with Crippen molar-refractivity contribution in [1.29, 1.82) is 5.26 Å². The summed E-state index contributed by atoms with van der Waals surface area (Å²) in [7, 11) is 1.64. The second-order valence-corrected chi connectivity index (χ2v) is 5.42. The van der Waals surface area contributed by atoms with Gasteiger partial charge in [0.15, 0.2) is 0 Å². The number of thiophene rings is 1. The van der Waals surface area contributed by atoms with Gasteiger partial charge < -0.3 is 10.5 Å². The first kappa shape index (κ1) is 12.5. The molecule has 0 aliphatic carbocycles. The van der Waals surface area contributed by atoms with Gasteiger partial charge in [0.25, 0.3) is 0 Å². The Morgan fingerprint density at radius 3 is 2.55 bits per heavy atom. The third-order valence-electron chi connectivity index (χ3n) is 3.22. The Morgan fingerprint density at radius 1 is 1.15 bits per heavy atom. The lowest BCUT2D eigenvalue weighted by atomic mass is 10.1. The highest BCUT2D eigenvalue weighted by Gasteiger charge is 2.14. The summed E-state index contributed by atoms with van der Waals surface area (Å²) in [5.74, 6) is 0.811. The SMILES string of the molecule is COc1ccc(-c2sc3cccc(C#N)c3c2N)cc1. The number of benzene rings is 2. The van der Waals surface area contributed by atoms with Crippen molar-refractivity contribution in [3.63, 3.8) is 0 Å². The number of hydrogen-bond acceptors (Lipinski definition) is 4. The van der Waals surface area contributed by atoms with Crippen LogP contribution in [-0.2, 0) is 0 Å². The van der Waals surface area contributed by atoms with E-state index in [1.165, 1.54) is 0 Å². The van der Waals surface area contributed by atoms with Gasteiger partial charge in [-0.2, -0.15) is 5.26 Å². The number of anilines is 1. The van der Waals surface area contributed by atoms with Crippen LogP contribution in [0.1, 0.15) is 5.56 Å². The van der Waals surface area contributed by atoms with Gasteiger partial charge in [0.1, 0.15) is 5.75 Å². The molecular weight excluding hydrogens is 268 g/mol. The van der Waals surface area contributed by atoms with Gasteiger partial charge in [-0.3, -0.25) is 0 Å². The Kier molecular flexibility index (Phi) is 3.05. The maximum Gasteiger partial charge on any atom is 0.118 e. The van der Waals surface area contributed by atoms with Gasteiger partial charge in [0, 0.05) is 10.1 Å². The lowest BCUT2D eigenvalue weighted by Gasteiger charge is -2.02. The first-order valence-corrected chi connectivity index (χ1v) is 6.91. The zero-order valence-corrected chi connectivity index (χ0v) is 11.7. The summed E-state index contributed by atoms with van der Waals surface area (Å²) in [6.07, 6.45) is 0. The van der Waals surface area contributed by atoms with Crippen LogP contribution in [0.15, 0.2) is 42.5 Å². The number of ether oxygens (including phenoxy) is 1. The highest BCUT2D eigenvalue weighted by molar-refractivity contribution is 7.23. The van der Waals surface area contributed by atoms with Gasteiger partial charge in [-0.1, -0.05) is 6.07 Å². The number of rotatable bonds is 2. The summed E-state index contributed by atoms with van der Waals surface area (Å²) in [5.41, 5.74) is 8.58. The van der Waals surface area contributed by atoms with E-state index in [-0.39, 0.29) is 0 Å². The molecule has 0 atom stereocenters. The van der Waals surface area contributed by atoms with Crippen LogP contribution in [0.25, 0.3) is 20.5 Å². The molecule has 1 aromatic heterocycles. The molecule has 0 aliphatic heterocycles. The molecule has 4 heteroatoms. The standard InChI is InChI=1S/C16H12N2OS/c1-19-12-7-5-10(6-8-12)16-15(18)14-11(9-17)3-2-4-13(14)20-16/h2-8H,18H2,1H3. The fourth-order valence-corrected chi connectivity index (χ4v) is 3.38. The van der Waals surface area contributed by atoms with Crippen LogP contribution in [0.3, 0.4) is 0 Å². The van der Waals surface area contributed by atoms with Gasteiger partial charge in [-0.05, 0) is 42.0 Å². The molecule has 1 heterocycles. The molecule has 0 unspecified atom stereocenters. The van der Waals surface area contributed by atoms with E-state index in [0.717, 1.165) is 26.3 Å². The van der Waals surface area contributed by atoms with Gasteiger partial charge in [0.2, 0.25) is 0 Å². The van der Waals surface area contributed by atoms with Crippen molar-refractivity contribution in [2.75, 3.05) is 12.8 Å². The van der Waals surface area contributed by atoms with E-state index in [4.69, 9.17) is 10.5 Å². The Balaban J connectivity index is 2.21. The number of hydrogen-bond donors (Lipinski definition) is 1. The number of nitrogens with two attached hydrogens (primary N) is 1. The van der Waals surface area contributed by atoms with Crippen molar-refractivity contribution in [2.45, 2.75) is 0 Å². The maximum atomic E-state index is 9.19. The van der Waals surface area contributed by atoms with Gasteiger partial charge in [0.05, 0.1) is 29.3 Å². The average molecular weight is 280 g/mol. The largest absolute Gasteiger partial charge is 0.497 e. The second-order valence-electron chi connectivity index (χ2n) is 4.36. The molecule has 0 fully saturated rings. The number of nitrogens with zero attached hydrogens (tertiary/aromatic N) is 1. The molecule has 20 heavy (non-hydrogen) atoms. The maximum absolute atomic E-state index is 9.19. The lowest BCUT2D eigenvalue weighted by molar-refractivity contribution is 0.415.